The summed E-state index contributed by atoms with van der Waals surface area (Å²) < 4.78 is 18.7. The van der Waals surface area contributed by atoms with Gasteiger partial charge in [0.15, 0.2) is 6.61 Å². The lowest BCUT2D eigenvalue weighted by Gasteiger charge is -2.07. The Labute approximate surface area is 146 Å². The number of carbonyl (C=O) groups excluding carboxylic acids is 3. The Morgan fingerprint density at radius 2 is 1.81 bits per heavy atom. The molecule has 2 rings (SSSR count). The van der Waals surface area contributed by atoms with Crippen molar-refractivity contribution < 1.29 is 28.4 Å². The van der Waals surface area contributed by atoms with Gasteiger partial charge in [0.05, 0.1) is 16.1 Å². The van der Waals surface area contributed by atoms with Crippen molar-refractivity contribution in [3.63, 3.8) is 0 Å². The summed E-state index contributed by atoms with van der Waals surface area (Å²) in [6.45, 7) is 0.556. The molecule has 0 radical (unpaired) electrons. The van der Waals surface area contributed by atoms with Crippen molar-refractivity contribution in [3.05, 3.63) is 69.5 Å². The zero-order valence-electron chi connectivity index (χ0n) is 13.5. The fraction of sp³-hybridized carbons (Fsp3) is 0.118. The minimum absolute atomic E-state index is 0.0184. The number of hydrogen-bond donors (Lipinski definition) is 1. The van der Waals surface area contributed by atoms with Crippen LogP contribution >= 0.6 is 0 Å². The van der Waals surface area contributed by atoms with Crippen molar-refractivity contribution in [1.29, 1.82) is 0 Å². The minimum Gasteiger partial charge on any atom is -0.454 e. The monoisotopic (exact) mass is 360 g/mol. The Hall–Kier alpha value is -3.62. The molecule has 0 heterocycles. The molecule has 2 aromatic carbocycles. The zero-order chi connectivity index (χ0) is 19.3. The number of esters is 1. The molecule has 0 aliphatic heterocycles. The van der Waals surface area contributed by atoms with E-state index in [9.17, 15) is 28.9 Å². The number of nitro groups is 1. The van der Waals surface area contributed by atoms with Gasteiger partial charge in [-0.2, -0.15) is 0 Å². The van der Waals surface area contributed by atoms with E-state index < -0.39 is 29.1 Å². The van der Waals surface area contributed by atoms with Gasteiger partial charge in [-0.1, -0.05) is 0 Å². The van der Waals surface area contributed by atoms with Crippen molar-refractivity contribution in [3.8, 4) is 0 Å². The van der Waals surface area contributed by atoms with Crippen LogP contribution in [-0.2, 0) is 9.53 Å². The third-order valence-corrected chi connectivity index (χ3v) is 3.24. The van der Waals surface area contributed by atoms with Gasteiger partial charge < -0.3 is 10.1 Å². The molecule has 1 amide bonds. The number of ketones is 1. The summed E-state index contributed by atoms with van der Waals surface area (Å²) in [5, 5.41) is 12.9. The third kappa shape index (κ3) is 4.69. The standard InChI is InChI=1S/C17H13FN2O6/c1-10(21)19-12-4-7-14(15(18)8-12)16(22)9-26-17(23)11-2-5-13(6-3-11)20(24)25/h2-8H,9H2,1H3,(H,19,21). The van der Waals surface area contributed by atoms with E-state index in [0.717, 1.165) is 18.2 Å². The number of nitro benzene ring substituents is 1. The normalized spacial score (nSPS) is 10.1. The van der Waals surface area contributed by atoms with E-state index in [1.165, 1.54) is 31.2 Å². The highest BCUT2D eigenvalue weighted by molar-refractivity contribution is 6.00. The van der Waals surface area contributed by atoms with E-state index in [-0.39, 0.29) is 28.4 Å². The second kappa shape index (κ2) is 7.97. The van der Waals surface area contributed by atoms with Gasteiger partial charge in [0, 0.05) is 24.7 Å². The number of non-ortho nitro benzene ring substituents is 1. The Morgan fingerprint density at radius 3 is 2.35 bits per heavy atom. The predicted molar refractivity (Wildman–Crippen MR) is 88.4 cm³/mol. The highest BCUT2D eigenvalue weighted by Gasteiger charge is 2.16. The average Bonchev–Trinajstić information content (AvgIpc) is 2.59. The quantitative estimate of drug-likeness (QED) is 0.366. The Bertz CT molecular complexity index is 879. The number of benzene rings is 2. The smallest absolute Gasteiger partial charge is 0.338 e. The Morgan fingerprint density at radius 1 is 1.15 bits per heavy atom. The van der Waals surface area contributed by atoms with Crippen LogP contribution in [0.15, 0.2) is 42.5 Å². The number of ether oxygens (including phenoxy) is 1. The maximum absolute atomic E-state index is 13.9. The summed E-state index contributed by atoms with van der Waals surface area (Å²) in [6.07, 6.45) is 0. The maximum Gasteiger partial charge on any atom is 0.338 e. The van der Waals surface area contributed by atoms with Gasteiger partial charge in [-0.25, -0.2) is 9.18 Å². The van der Waals surface area contributed by atoms with Crippen LogP contribution in [0.1, 0.15) is 27.6 Å². The molecule has 0 aliphatic carbocycles. The number of carbonyl (C=O) groups is 3. The van der Waals surface area contributed by atoms with Crippen molar-refractivity contribution in [2.45, 2.75) is 6.92 Å². The van der Waals surface area contributed by atoms with E-state index in [1.807, 2.05) is 0 Å². The molecule has 134 valence electrons. The van der Waals surface area contributed by atoms with Crippen LogP contribution in [0, 0.1) is 15.9 Å². The molecule has 1 N–H and O–H groups in total. The molecule has 0 aromatic heterocycles. The van der Waals surface area contributed by atoms with E-state index in [2.05, 4.69) is 5.32 Å². The van der Waals surface area contributed by atoms with Crippen molar-refractivity contribution in [2.24, 2.45) is 0 Å². The van der Waals surface area contributed by atoms with Gasteiger partial charge in [-0.15, -0.1) is 0 Å². The Kier molecular flexibility index (Phi) is 5.74. The number of rotatable bonds is 6. The van der Waals surface area contributed by atoms with Crippen LogP contribution in [0.2, 0.25) is 0 Å². The molecule has 26 heavy (non-hydrogen) atoms. The first-order chi connectivity index (χ1) is 12.3. The van der Waals surface area contributed by atoms with Crippen LogP contribution in [0.4, 0.5) is 15.8 Å². The summed E-state index contributed by atoms with van der Waals surface area (Å²) in [7, 11) is 0. The molecule has 0 bridgehead atoms. The fourth-order valence-corrected chi connectivity index (χ4v) is 2.03. The topological polar surface area (TPSA) is 116 Å². The highest BCUT2D eigenvalue weighted by atomic mass is 19.1. The fourth-order valence-electron chi connectivity index (χ4n) is 2.03. The van der Waals surface area contributed by atoms with Gasteiger partial charge in [0.1, 0.15) is 5.82 Å². The molecule has 0 spiro atoms. The number of halogens is 1. The maximum atomic E-state index is 13.9. The summed E-state index contributed by atoms with van der Waals surface area (Å²) >= 11 is 0. The molecule has 0 unspecified atom stereocenters. The van der Waals surface area contributed by atoms with Crippen molar-refractivity contribution in [1.82, 2.24) is 0 Å². The number of anilines is 1. The Balaban J connectivity index is 2.00. The molecule has 2 aromatic rings. The van der Waals surface area contributed by atoms with Crippen LogP contribution in [0.25, 0.3) is 0 Å². The van der Waals surface area contributed by atoms with Crippen LogP contribution < -0.4 is 5.32 Å². The SMILES string of the molecule is CC(=O)Nc1ccc(C(=O)COC(=O)c2ccc([N+](=O)[O-])cc2)c(F)c1. The first-order valence-electron chi connectivity index (χ1n) is 7.30. The summed E-state index contributed by atoms with van der Waals surface area (Å²) in [4.78, 5) is 44.7. The molecule has 0 saturated heterocycles. The lowest BCUT2D eigenvalue weighted by Crippen LogP contribution is -2.16. The highest BCUT2D eigenvalue weighted by Crippen LogP contribution is 2.16. The van der Waals surface area contributed by atoms with E-state index >= 15 is 0 Å². The lowest BCUT2D eigenvalue weighted by atomic mass is 10.1. The largest absolute Gasteiger partial charge is 0.454 e. The van der Waals surface area contributed by atoms with Gasteiger partial charge >= 0.3 is 5.97 Å². The second-order valence-electron chi connectivity index (χ2n) is 5.18. The van der Waals surface area contributed by atoms with E-state index in [4.69, 9.17) is 4.74 Å². The van der Waals surface area contributed by atoms with Gasteiger partial charge in [0.2, 0.25) is 11.7 Å². The van der Waals surface area contributed by atoms with Gasteiger partial charge in [-0.3, -0.25) is 19.7 Å². The van der Waals surface area contributed by atoms with Gasteiger partial charge in [-0.05, 0) is 30.3 Å². The number of hydrogen-bond acceptors (Lipinski definition) is 6. The van der Waals surface area contributed by atoms with Crippen LogP contribution in [0.5, 0.6) is 0 Å². The summed E-state index contributed by atoms with van der Waals surface area (Å²) in [5.74, 6) is -2.90. The molecule has 0 saturated carbocycles. The number of Topliss-reactive ketones (excluding diaryl/α,β-unsaturated/α-hetero) is 1. The first-order valence-corrected chi connectivity index (χ1v) is 7.30. The van der Waals surface area contributed by atoms with E-state index in [1.54, 1.807) is 0 Å². The second-order valence-corrected chi connectivity index (χ2v) is 5.18. The average molecular weight is 360 g/mol. The molecule has 8 nitrogen and oxygen atoms in total. The minimum atomic E-state index is -0.872. The van der Waals surface area contributed by atoms with Crippen LogP contribution in [0.3, 0.4) is 0 Å². The van der Waals surface area contributed by atoms with Crippen molar-refractivity contribution >= 4 is 29.0 Å². The first kappa shape index (κ1) is 18.7. The molecular weight excluding hydrogens is 347 g/mol. The number of nitrogens with one attached hydrogen (secondary N) is 1. The van der Waals surface area contributed by atoms with Crippen molar-refractivity contribution in [2.75, 3.05) is 11.9 Å². The summed E-state index contributed by atoms with van der Waals surface area (Å²) in [5.41, 5.74) is -0.283. The summed E-state index contributed by atoms with van der Waals surface area (Å²) in [6, 6.07) is 8.12. The molecule has 0 atom stereocenters. The van der Waals surface area contributed by atoms with E-state index in [0.29, 0.717) is 0 Å². The molecular formula is C17H13FN2O6. The zero-order valence-corrected chi connectivity index (χ0v) is 13.5. The molecule has 0 aliphatic rings. The predicted octanol–water partition coefficient (Wildman–Crippen LogP) is 2.73. The molecule has 9 heteroatoms. The lowest BCUT2D eigenvalue weighted by molar-refractivity contribution is -0.384. The van der Waals surface area contributed by atoms with Gasteiger partial charge in [0.25, 0.3) is 5.69 Å². The number of nitrogens with zero attached hydrogens (tertiary/aromatic N) is 1. The molecule has 0 fully saturated rings. The third-order valence-electron chi connectivity index (χ3n) is 3.24. The van der Waals surface area contributed by atoms with Crippen LogP contribution in [-0.4, -0.2) is 29.2 Å². The number of amides is 1.